The quantitative estimate of drug-likeness (QED) is 0.777. The largest absolute Gasteiger partial charge is 0.505 e. The fraction of sp³-hybridized carbons (Fsp3) is 0.364. The summed E-state index contributed by atoms with van der Waals surface area (Å²) in [6.07, 6.45) is 0.329. The molecule has 4 nitrogen and oxygen atoms in total. The molecule has 1 atom stereocenters. The number of esters is 1. The molecule has 6 heteroatoms. The van der Waals surface area contributed by atoms with Crippen LogP contribution < -0.4 is 4.74 Å². The van der Waals surface area contributed by atoms with Gasteiger partial charge in [0.05, 0.1) is 11.6 Å². The first-order chi connectivity index (χ1) is 7.97. The Hall–Kier alpha value is -0.750. The number of cyclic esters (lactones) is 1. The van der Waals surface area contributed by atoms with Gasteiger partial charge in [0, 0.05) is 6.42 Å². The highest BCUT2D eigenvalue weighted by atomic mass is 79.9. The molecule has 0 aromatic heterocycles. The van der Waals surface area contributed by atoms with Crippen LogP contribution in [0.15, 0.2) is 8.95 Å². The Labute approximate surface area is 115 Å². The van der Waals surface area contributed by atoms with Crippen molar-refractivity contribution in [2.24, 2.45) is 0 Å². The predicted octanol–water partition coefficient (Wildman–Crippen LogP) is 3.03. The maximum atomic E-state index is 11.9. The number of aromatic hydroxyl groups is 1. The molecule has 0 fully saturated rings. The van der Waals surface area contributed by atoms with Crippen molar-refractivity contribution in [2.75, 3.05) is 7.11 Å². The van der Waals surface area contributed by atoms with Crippen LogP contribution in [-0.4, -0.2) is 24.3 Å². The van der Waals surface area contributed by atoms with Crippen molar-refractivity contribution < 1.29 is 19.4 Å². The Kier molecular flexibility index (Phi) is 3.36. The van der Waals surface area contributed by atoms with E-state index in [0.29, 0.717) is 32.2 Å². The molecule has 2 rings (SSSR count). The summed E-state index contributed by atoms with van der Waals surface area (Å²) >= 11 is 6.49. The zero-order valence-electron chi connectivity index (χ0n) is 9.21. The van der Waals surface area contributed by atoms with E-state index in [-0.39, 0.29) is 11.9 Å². The van der Waals surface area contributed by atoms with Gasteiger partial charge in [0.25, 0.3) is 0 Å². The molecule has 0 unspecified atom stereocenters. The van der Waals surface area contributed by atoms with E-state index in [9.17, 15) is 9.90 Å². The van der Waals surface area contributed by atoms with Gasteiger partial charge in [-0.05, 0) is 44.3 Å². The van der Waals surface area contributed by atoms with Crippen LogP contribution in [0.1, 0.15) is 22.8 Å². The SMILES string of the molecule is COc1c(Br)c(O)c(Br)c2c1C(=O)O[C@H](C)C2. The van der Waals surface area contributed by atoms with Crippen LogP contribution in [0.3, 0.4) is 0 Å². The van der Waals surface area contributed by atoms with E-state index in [1.54, 1.807) is 6.92 Å². The molecule has 1 aliphatic heterocycles. The van der Waals surface area contributed by atoms with Gasteiger partial charge in [-0.1, -0.05) is 0 Å². The smallest absolute Gasteiger partial charge is 0.342 e. The summed E-state index contributed by atoms with van der Waals surface area (Å²) in [6.45, 7) is 1.80. The second-order valence-corrected chi connectivity index (χ2v) is 5.37. The van der Waals surface area contributed by atoms with E-state index in [0.717, 1.165) is 0 Å². The van der Waals surface area contributed by atoms with Crippen LogP contribution in [-0.2, 0) is 11.2 Å². The van der Waals surface area contributed by atoms with Gasteiger partial charge >= 0.3 is 5.97 Å². The van der Waals surface area contributed by atoms with Crippen molar-refractivity contribution in [1.29, 1.82) is 0 Å². The Morgan fingerprint density at radius 3 is 2.65 bits per heavy atom. The number of fused-ring (bicyclic) bond motifs is 1. The summed E-state index contributed by atoms with van der Waals surface area (Å²) in [4.78, 5) is 11.9. The first-order valence-electron chi connectivity index (χ1n) is 4.95. The summed E-state index contributed by atoms with van der Waals surface area (Å²) in [5, 5.41) is 9.92. The third kappa shape index (κ3) is 1.93. The van der Waals surface area contributed by atoms with Gasteiger partial charge in [-0.2, -0.15) is 0 Å². The zero-order chi connectivity index (χ0) is 12.7. The summed E-state index contributed by atoms with van der Waals surface area (Å²) < 4.78 is 11.2. The Bertz CT molecular complexity index is 499. The van der Waals surface area contributed by atoms with Gasteiger partial charge < -0.3 is 14.6 Å². The third-order valence-electron chi connectivity index (χ3n) is 2.62. The predicted molar refractivity (Wildman–Crippen MR) is 68.6 cm³/mol. The van der Waals surface area contributed by atoms with E-state index in [1.807, 2.05) is 0 Å². The van der Waals surface area contributed by atoms with Gasteiger partial charge in [-0.3, -0.25) is 0 Å². The van der Waals surface area contributed by atoms with Crippen molar-refractivity contribution >= 4 is 37.8 Å². The third-order valence-corrected chi connectivity index (χ3v) is 4.21. The van der Waals surface area contributed by atoms with Crippen LogP contribution in [0.4, 0.5) is 0 Å². The molecular formula is C11H10Br2O4. The van der Waals surface area contributed by atoms with E-state index in [1.165, 1.54) is 7.11 Å². The van der Waals surface area contributed by atoms with Crippen LogP contribution >= 0.6 is 31.9 Å². The molecule has 17 heavy (non-hydrogen) atoms. The van der Waals surface area contributed by atoms with Gasteiger partial charge in [-0.15, -0.1) is 0 Å². The number of methoxy groups -OCH3 is 1. The lowest BCUT2D eigenvalue weighted by Gasteiger charge is -2.25. The zero-order valence-corrected chi connectivity index (χ0v) is 12.4. The van der Waals surface area contributed by atoms with Crippen molar-refractivity contribution in [2.45, 2.75) is 19.4 Å². The molecule has 0 saturated carbocycles. The molecule has 0 bridgehead atoms. The topological polar surface area (TPSA) is 55.8 Å². The Balaban J connectivity index is 2.77. The van der Waals surface area contributed by atoms with Crippen LogP contribution in [0.2, 0.25) is 0 Å². The van der Waals surface area contributed by atoms with E-state index in [4.69, 9.17) is 9.47 Å². The summed E-state index contributed by atoms with van der Waals surface area (Å²) in [5.41, 5.74) is 1.08. The molecule has 92 valence electrons. The Morgan fingerprint density at radius 1 is 1.41 bits per heavy atom. The molecule has 0 aliphatic carbocycles. The van der Waals surface area contributed by atoms with Crippen molar-refractivity contribution in [3.8, 4) is 11.5 Å². The lowest BCUT2D eigenvalue weighted by molar-refractivity contribution is 0.0295. The maximum Gasteiger partial charge on any atom is 0.342 e. The number of halogens is 2. The minimum Gasteiger partial charge on any atom is -0.505 e. The fourth-order valence-corrected chi connectivity index (χ4v) is 3.26. The molecule has 1 N–H and O–H groups in total. The number of carbonyl (C=O) groups is 1. The van der Waals surface area contributed by atoms with Crippen LogP contribution in [0, 0.1) is 0 Å². The van der Waals surface area contributed by atoms with E-state index >= 15 is 0 Å². The lowest BCUT2D eigenvalue weighted by Crippen LogP contribution is -2.26. The highest BCUT2D eigenvalue weighted by Crippen LogP contribution is 2.46. The normalized spacial score (nSPS) is 18.6. The average molecular weight is 366 g/mol. The average Bonchev–Trinajstić information content (AvgIpc) is 2.28. The number of benzene rings is 1. The second-order valence-electron chi connectivity index (χ2n) is 3.78. The van der Waals surface area contributed by atoms with E-state index in [2.05, 4.69) is 31.9 Å². The number of hydrogen-bond acceptors (Lipinski definition) is 4. The number of phenolic OH excluding ortho intramolecular Hbond substituents is 1. The minimum atomic E-state index is -0.433. The molecular weight excluding hydrogens is 356 g/mol. The summed E-state index contributed by atoms with van der Waals surface area (Å²) in [6, 6.07) is 0. The summed E-state index contributed by atoms with van der Waals surface area (Å²) in [7, 11) is 1.44. The number of carbonyl (C=O) groups excluding carboxylic acids is 1. The first kappa shape index (κ1) is 12.7. The molecule has 1 aliphatic rings. The van der Waals surface area contributed by atoms with Crippen molar-refractivity contribution in [1.82, 2.24) is 0 Å². The molecule has 0 radical (unpaired) electrons. The van der Waals surface area contributed by atoms with Crippen molar-refractivity contribution in [3.05, 3.63) is 20.1 Å². The van der Waals surface area contributed by atoms with Crippen LogP contribution in [0.5, 0.6) is 11.5 Å². The molecule has 1 aromatic carbocycles. The van der Waals surface area contributed by atoms with Crippen LogP contribution in [0.25, 0.3) is 0 Å². The van der Waals surface area contributed by atoms with Gasteiger partial charge in [0.1, 0.15) is 21.9 Å². The van der Waals surface area contributed by atoms with Gasteiger partial charge in [0.15, 0.2) is 5.75 Å². The highest BCUT2D eigenvalue weighted by molar-refractivity contribution is 9.11. The lowest BCUT2D eigenvalue weighted by atomic mass is 9.98. The molecule has 1 aromatic rings. The Morgan fingerprint density at radius 2 is 2.06 bits per heavy atom. The molecule has 0 spiro atoms. The minimum absolute atomic E-state index is 0.0301. The van der Waals surface area contributed by atoms with Gasteiger partial charge in [-0.25, -0.2) is 4.79 Å². The first-order valence-corrected chi connectivity index (χ1v) is 6.53. The highest BCUT2D eigenvalue weighted by Gasteiger charge is 2.32. The molecule has 1 heterocycles. The maximum absolute atomic E-state index is 11.9. The summed E-state index contributed by atoms with van der Waals surface area (Å²) in [5.74, 6) is -0.0999. The molecule has 0 saturated heterocycles. The number of phenols is 1. The second kappa shape index (κ2) is 4.49. The number of hydrogen-bond donors (Lipinski definition) is 1. The number of rotatable bonds is 1. The van der Waals surface area contributed by atoms with Gasteiger partial charge in [0.2, 0.25) is 0 Å². The fourth-order valence-electron chi connectivity index (χ4n) is 1.87. The van der Waals surface area contributed by atoms with Crippen molar-refractivity contribution in [3.63, 3.8) is 0 Å². The monoisotopic (exact) mass is 364 g/mol. The molecule has 0 amide bonds. The van der Waals surface area contributed by atoms with E-state index < -0.39 is 5.97 Å². The standard InChI is InChI=1S/C11H10Br2O4/c1-4-3-5-6(11(15)17-4)10(16-2)8(13)9(14)7(5)12/h4,14H,3H2,1-2H3/t4-/m1/s1. The number of ether oxygens (including phenoxy) is 2.